The molecule has 4 rings (SSSR count). The summed E-state index contributed by atoms with van der Waals surface area (Å²) < 4.78 is 1.96. The molecule has 25 heavy (non-hydrogen) atoms. The van der Waals surface area contributed by atoms with Crippen molar-refractivity contribution < 1.29 is 0 Å². The van der Waals surface area contributed by atoms with E-state index < -0.39 is 0 Å². The number of benzene rings is 1. The molecule has 2 saturated carbocycles. The first-order valence-corrected chi connectivity index (χ1v) is 9.90. The summed E-state index contributed by atoms with van der Waals surface area (Å²) in [6.45, 7) is 2.11. The SMILES string of the molecule is Cc1ccc(-n2nnnc2C2(NC3CCCCC3)CCCCC2)cc1. The summed E-state index contributed by atoms with van der Waals surface area (Å²) in [6, 6.07) is 9.10. The average Bonchev–Trinajstić information content (AvgIpc) is 3.14. The number of tetrazole rings is 1. The fourth-order valence-electron chi connectivity index (χ4n) is 4.57. The molecular weight excluding hydrogens is 310 g/mol. The molecular formula is C20H29N5. The van der Waals surface area contributed by atoms with Gasteiger partial charge in [0.15, 0.2) is 5.82 Å². The third-order valence-corrected chi connectivity index (χ3v) is 5.97. The minimum atomic E-state index is -0.0748. The molecule has 0 saturated heterocycles. The molecule has 0 unspecified atom stereocenters. The molecule has 1 aromatic carbocycles. The summed E-state index contributed by atoms with van der Waals surface area (Å²) in [6.07, 6.45) is 12.7. The molecule has 5 nitrogen and oxygen atoms in total. The summed E-state index contributed by atoms with van der Waals surface area (Å²) in [5.74, 6) is 1.00. The number of hydrogen-bond acceptors (Lipinski definition) is 4. The van der Waals surface area contributed by atoms with Crippen LogP contribution in [0.2, 0.25) is 0 Å². The van der Waals surface area contributed by atoms with Crippen LogP contribution in [0.25, 0.3) is 5.69 Å². The van der Waals surface area contributed by atoms with Crippen molar-refractivity contribution in [1.29, 1.82) is 0 Å². The van der Waals surface area contributed by atoms with Crippen LogP contribution in [-0.4, -0.2) is 26.2 Å². The van der Waals surface area contributed by atoms with Gasteiger partial charge in [0.1, 0.15) is 0 Å². The summed E-state index contributed by atoms with van der Waals surface area (Å²) in [4.78, 5) is 0. The van der Waals surface area contributed by atoms with E-state index in [1.807, 2.05) is 4.68 Å². The Morgan fingerprint density at radius 2 is 1.64 bits per heavy atom. The molecule has 134 valence electrons. The van der Waals surface area contributed by atoms with Crippen molar-refractivity contribution >= 4 is 0 Å². The molecule has 0 radical (unpaired) electrons. The molecule has 0 amide bonds. The van der Waals surface area contributed by atoms with E-state index in [1.54, 1.807) is 0 Å². The summed E-state index contributed by atoms with van der Waals surface area (Å²) in [5, 5.41) is 16.9. The highest BCUT2D eigenvalue weighted by Crippen LogP contribution is 2.38. The lowest BCUT2D eigenvalue weighted by Crippen LogP contribution is -2.51. The summed E-state index contributed by atoms with van der Waals surface area (Å²) >= 11 is 0. The van der Waals surface area contributed by atoms with Gasteiger partial charge >= 0.3 is 0 Å². The van der Waals surface area contributed by atoms with Crippen molar-refractivity contribution in [1.82, 2.24) is 25.5 Å². The van der Waals surface area contributed by atoms with Crippen molar-refractivity contribution in [2.45, 2.75) is 82.7 Å². The first-order chi connectivity index (χ1) is 12.3. The Morgan fingerprint density at radius 3 is 2.36 bits per heavy atom. The van der Waals surface area contributed by atoms with Gasteiger partial charge < -0.3 is 5.32 Å². The predicted octanol–water partition coefficient (Wildman–Crippen LogP) is 4.05. The Morgan fingerprint density at radius 1 is 0.960 bits per heavy atom. The van der Waals surface area contributed by atoms with E-state index in [-0.39, 0.29) is 5.54 Å². The van der Waals surface area contributed by atoms with Crippen molar-refractivity contribution in [3.63, 3.8) is 0 Å². The third kappa shape index (κ3) is 3.47. The van der Waals surface area contributed by atoms with Gasteiger partial charge in [0.25, 0.3) is 0 Å². The van der Waals surface area contributed by atoms with Gasteiger partial charge in [0.05, 0.1) is 11.2 Å². The van der Waals surface area contributed by atoms with Crippen LogP contribution in [0.3, 0.4) is 0 Å². The fourth-order valence-corrected chi connectivity index (χ4v) is 4.57. The molecule has 2 aliphatic carbocycles. The van der Waals surface area contributed by atoms with Crippen LogP contribution in [0.4, 0.5) is 0 Å². The highest BCUT2D eigenvalue weighted by molar-refractivity contribution is 5.35. The van der Waals surface area contributed by atoms with Gasteiger partial charge in [-0.1, -0.05) is 56.2 Å². The maximum Gasteiger partial charge on any atom is 0.176 e. The van der Waals surface area contributed by atoms with Crippen molar-refractivity contribution in [3.05, 3.63) is 35.7 Å². The first kappa shape index (κ1) is 16.7. The van der Waals surface area contributed by atoms with Gasteiger partial charge in [-0.25, -0.2) is 0 Å². The second kappa shape index (κ2) is 7.24. The summed E-state index contributed by atoms with van der Waals surface area (Å²) in [7, 11) is 0. The van der Waals surface area contributed by atoms with E-state index in [0.717, 1.165) is 24.4 Å². The number of aromatic nitrogens is 4. The Hall–Kier alpha value is -1.75. The maximum atomic E-state index is 4.52. The van der Waals surface area contributed by atoms with Gasteiger partial charge in [-0.3, -0.25) is 0 Å². The van der Waals surface area contributed by atoms with Crippen LogP contribution >= 0.6 is 0 Å². The van der Waals surface area contributed by atoms with E-state index in [0.29, 0.717) is 6.04 Å². The van der Waals surface area contributed by atoms with Crippen LogP contribution in [0.15, 0.2) is 24.3 Å². The largest absolute Gasteiger partial charge is 0.302 e. The van der Waals surface area contributed by atoms with Crippen LogP contribution in [0.1, 0.15) is 75.6 Å². The van der Waals surface area contributed by atoms with Gasteiger partial charge in [0, 0.05) is 6.04 Å². The van der Waals surface area contributed by atoms with Crippen LogP contribution in [-0.2, 0) is 5.54 Å². The Balaban J connectivity index is 1.68. The van der Waals surface area contributed by atoms with E-state index in [1.165, 1.54) is 56.9 Å². The molecule has 0 bridgehead atoms. The van der Waals surface area contributed by atoms with Crippen molar-refractivity contribution in [3.8, 4) is 5.69 Å². The van der Waals surface area contributed by atoms with Gasteiger partial charge in [0.2, 0.25) is 0 Å². The second-order valence-corrected chi connectivity index (χ2v) is 7.87. The average molecular weight is 339 g/mol. The van der Waals surface area contributed by atoms with Crippen LogP contribution in [0.5, 0.6) is 0 Å². The normalized spacial score (nSPS) is 21.3. The maximum absolute atomic E-state index is 4.52. The number of aryl methyl sites for hydroxylation is 1. The summed E-state index contributed by atoms with van der Waals surface area (Å²) in [5.41, 5.74) is 2.24. The highest BCUT2D eigenvalue weighted by atomic mass is 15.6. The number of nitrogens with one attached hydrogen (secondary N) is 1. The highest BCUT2D eigenvalue weighted by Gasteiger charge is 2.40. The minimum Gasteiger partial charge on any atom is -0.302 e. The minimum absolute atomic E-state index is 0.0748. The second-order valence-electron chi connectivity index (χ2n) is 7.87. The third-order valence-electron chi connectivity index (χ3n) is 5.97. The lowest BCUT2D eigenvalue weighted by atomic mass is 9.79. The van der Waals surface area contributed by atoms with Gasteiger partial charge in [-0.05, 0) is 55.2 Å². The van der Waals surface area contributed by atoms with Gasteiger partial charge in [-0.15, -0.1) is 5.10 Å². The number of rotatable bonds is 4. The van der Waals surface area contributed by atoms with Crippen molar-refractivity contribution in [2.75, 3.05) is 0 Å². The molecule has 0 atom stereocenters. The first-order valence-electron chi connectivity index (χ1n) is 9.90. The Bertz CT molecular complexity index is 678. The standard InChI is InChI=1S/C20H29N5/c1-16-10-12-18(13-11-16)25-19(22-23-24-25)20(14-6-3-7-15-20)21-17-8-4-2-5-9-17/h10-13,17,21H,2-9,14-15H2,1H3. The Kier molecular flexibility index (Phi) is 4.84. The number of hydrogen-bond donors (Lipinski definition) is 1. The zero-order chi connectivity index (χ0) is 17.1. The smallest absolute Gasteiger partial charge is 0.176 e. The van der Waals surface area contributed by atoms with E-state index >= 15 is 0 Å². The molecule has 1 N–H and O–H groups in total. The monoisotopic (exact) mass is 339 g/mol. The fraction of sp³-hybridized carbons (Fsp3) is 0.650. The molecule has 1 aromatic heterocycles. The van der Waals surface area contributed by atoms with E-state index in [9.17, 15) is 0 Å². The topological polar surface area (TPSA) is 55.6 Å². The molecule has 0 aliphatic heterocycles. The van der Waals surface area contributed by atoms with E-state index in [2.05, 4.69) is 52.0 Å². The molecule has 2 aromatic rings. The molecule has 1 heterocycles. The van der Waals surface area contributed by atoms with Gasteiger partial charge in [-0.2, -0.15) is 4.68 Å². The van der Waals surface area contributed by atoms with Crippen LogP contribution in [0, 0.1) is 6.92 Å². The molecule has 0 spiro atoms. The molecule has 5 heteroatoms. The van der Waals surface area contributed by atoms with Crippen LogP contribution < -0.4 is 5.32 Å². The zero-order valence-corrected chi connectivity index (χ0v) is 15.2. The zero-order valence-electron chi connectivity index (χ0n) is 15.2. The lowest BCUT2D eigenvalue weighted by Gasteiger charge is -2.41. The van der Waals surface area contributed by atoms with E-state index in [4.69, 9.17) is 0 Å². The lowest BCUT2D eigenvalue weighted by molar-refractivity contribution is 0.174. The molecule has 2 fully saturated rings. The van der Waals surface area contributed by atoms with Crippen molar-refractivity contribution in [2.24, 2.45) is 0 Å². The Labute approximate surface area is 150 Å². The quantitative estimate of drug-likeness (QED) is 0.913. The predicted molar refractivity (Wildman–Crippen MR) is 98.7 cm³/mol. The molecule has 2 aliphatic rings. The number of nitrogens with zero attached hydrogens (tertiary/aromatic N) is 4.